The highest BCUT2D eigenvalue weighted by Crippen LogP contribution is 2.40. The number of nitrogens with zero attached hydrogens (tertiary/aromatic N) is 2. The molecule has 0 radical (unpaired) electrons. The molecule has 14 nitrogen and oxygen atoms in total. The summed E-state index contributed by atoms with van der Waals surface area (Å²) in [6, 6.07) is 26.0. The number of carbonyl (C=O) groups excluding carboxylic acids is 3. The summed E-state index contributed by atoms with van der Waals surface area (Å²) in [4.78, 5) is 46.4. The predicted octanol–water partition coefficient (Wildman–Crippen LogP) is 8.99. The molecule has 1 saturated carbocycles. The number of aromatic amines is 1. The Morgan fingerprint density at radius 2 is 1.55 bits per heavy atom. The van der Waals surface area contributed by atoms with E-state index in [-0.39, 0.29) is 93.0 Å². The van der Waals surface area contributed by atoms with Gasteiger partial charge in [-0.3, -0.25) is 9.69 Å². The number of ether oxygens (including phenoxy) is 5. The van der Waals surface area contributed by atoms with Crippen LogP contribution >= 0.6 is 35.0 Å². The molecule has 5 aromatic rings. The first-order valence-corrected chi connectivity index (χ1v) is 26.3. The number of carbonyl (C=O) groups is 3. The molecule has 1 aliphatic carbocycles. The summed E-state index contributed by atoms with van der Waals surface area (Å²) in [6.45, 7) is -0.119. The van der Waals surface area contributed by atoms with Crippen molar-refractivity contribution >= 4 is 62.9 Å². The zero-order chi connectivity index (χ0) is 48.9. The SMILES string of the molecule is O=C(CC(c1ccccc1)c1cccc(OC(=O)c2cccc(S(=O)(=O)N3CCS[C@H]3C(=O)O[C@@H](Cc3c(Cl)c[nH+]cc3Cl)c3ccc(OC(F)F)c(OCC4CC4)c3)c2)c1)O[C@H]1CN2CCC1CC2.[OH-]. The highest BCUT2D eigenvalue weighted by molar-refractivity contribution is 8.02. The molecule has 0 spiro atoms. The summed E-state index contributed by atoms with van der Waals surface area (Å²) in [5, 5.41) is -0.886. The number of benzene rings is 4. The van der Waals surface area contributed by atoms with Gasteiger partial charge in [-0.1, -0.05) is 77.8 Å². The second kappa shape index (κ2) is 23.0. The van der Waals surface area contributed by atoms with Crippen molar-refractivity contribution in [3.63, 3.8) is 0 Å². The molecular formula is C51H51Cl2F2N3O11S2. The maximum Gasteiger partial charge on any atom is 0.387 e. The topological polar surface area (TPSA) is 182 Å². The molecule has 71 heavy (non-hydrogen) atoms. The fourth-order valence-electron chi connectivity index (χ4n) is 9.11. The van der Waals surface area contributed by atoms with Crippen molar-refractivity contribution in [2.24, 2.45) is 11.8 Å². The maximum atomic E-state index is 14.4. The number of esters is 3. The van der Waals surface area contributed by atoms with Crippen LogP contribution in [0.1, 0.15) is 76.7 Å². The molecule has 4 atom stereocenters. The number of pyridine rings is 1. The molecule has 4 saturated heterocycles. The Balaban J connectivity index is 0.00000676. The second-order valence-corrected chi connectivity index (χ2v) is 21.7. The Hall–Kier alpha value is -5.34. The lowest BCUT2D eigenvalue weighted by atomic mass is 9.85. The van der Waals surface area contributed by atoms with Crippen molar-refractivity contribution < 1.29 is 65.7 Å². The maximum absolute atomic E-state index is 14.4. The van der Waals surface area contributed by atoms with E-state index < -0.39 is 46.0 Å². The summed E-state index contributed by atoms with van der Waals surface area (Å²) in [5.74, 6) is -1.58. The van der Waals surface area contributed by atoms with Gasteiger partial charge in [0, 0.05) is 36.7 Å². The van der Waals surface area contributed by atoms with Crippen LogP contribution < -0.4 is 19.2 Å². The normalized spacial score (nSPS) is 20.6. The molecule has 5 aliphatic rings. The number of piperidine rings is 3. The molecule has 0 amide bonds. The molecule has 1 aromatic heterocycles. The van der Waals surface area contributed by atoms with Gasteiger partial charge in [-0.2, -0.15) is 13.1 Å². The van der Waals surface area contributed by atoms with Gasteiger partial charge in [-0.05, 0) is 110 Å². The summed E-state index contributed by atoms with van der Waals surface area (Å²) in [6.07, 6.45) is 5.59. The van der Waals surface area contributed by atoms with Crippen LogP contribution in [0.15, 0.2) is 114 Å². The summed E-state index contributed by atoms with van der Waals surface area (Å²) in [5.41, 5.74) is 2.27. The molecule has 5 heterocycles. The van der Waals surface area contributed by atoms with Crippen molar-refractivity contribution in [3.05, 3.63) is 147 Å². The molecule has 4 aromatic carbocycles. The number of hydrogen-bond acceptors (Lipinski definition) is 13. The highest BCUT2D eigenvalue weighted by Gasteiger charge is 2.43. The van der Waals surface area contributed by atoms with E-state index in [2.05, 4.69) is 9.88 Å². The molecule has 1 unspecified atom stereocenters. The number of nitrogens with one attached hydrogen (secondary N) is 1. The number of thioether (sulfide) groups is 1. The standard InChI is InChI=1S/C51H49Cl2F2N3O10S2.H2O/c52-41-27-56-28-42(53)40(41)25-44(35-14-15-43(68-51(54)55)45(24-35)64-30-31-12-13-31)67-50(61)48-58(20-21-69-48)70(62,63)38-11-5-9-36(23-38)49(60)65-37-10-4-8-34(22-37)39(32-6-2-1-3-7-32)26-47(59)66-46-29-57-18-16-33(46)17-19-57;/h1-11,14-15,22-24,27-28,31,33,39,44,46,48,51H,12-13,16-21,25-26,29-30H2;1H2/t39?,44-,46-,48-;/m0./s1. The van der Waals surface area contributed by atoms with Crippen LogP contribution in [-0.2, 0) is 35.5 Å². The monoisotopic (exact) mass is 1050 g/mol. The van der Waals surface area contributed by atoms with Crippen LogP contribution in [-0.4, -0.2) is 97.6 Å². The zero-order valence-electron chi connectivity index (χ0n) is 38.2. The van der Waals surface area contributed by atoms with Gasteiger partial charge < -0.3 is 29.2 Å². The number of rotatable bonds is 19. The minimum Gasteiger partial charge on any atom is -0.870 e. The van der Waals surface area contributed by atoms with Gasteiger partial charge in [-0.25, -0.2) is 23.0 Å². The fraction of sp³-hybridized carbons (Fsp3) is 0.373. The van der Waals surface area contributed by atoms with Gasteiger partial charge in [0.25, 0.3) is 0 Å². The van der Waals surface area contributed by atoms with Crippen LogP contribution in [0, 0.1) is 11.8 Å². The van der Waals surface area contributed by atoms with Crippen molar-refractivity contribution in [3.8, 4) is 17.2 Å². The Kier molecular flexibility index (Phi) is 16.9. The fourth-order valence-corrected chi connectivity index (χ4v) is 12.7. The van der Waals surface area contributed by atoms with E-state index in [1.165, 1.54) is 54.9 Å². The van der Waals surface area contributed by atoms with Crippen molar-refractivity contribution in [1.82, 2.24) is 9.21 Å². The van der Waals surface area contributed by atoms with E-state index in [0.717, 1.165) is 72.5 Å². The average molecular weight is 1060 g/mol. The molecule has 2 bridgehead atoms. The lowest BCUT2D eigenvalue weighted by Gasteiger charge is -2.44. The first-order valence-electron chi connectivity index (χ1n) is 23.1. The number of alkyl halides is 2. The quantitative estimate of drug-likeness (QED) is 0.0565. The van der Waals surface area contributed by atoms with E-state index >= 15 is 0 Å². The van der Waals surface area contributed by atoms with Crippen molar-refractivity contribution in [2.75, 3.05) is 38.5 Å². The number of fused-ring (bicyclic) bond motifs is 3. The Bertz CT molecular complexity index is 2800. The van der Waals surface area contributed by atoms with Crippen LogP contribution in [0.5, 0.6) is 17.2 Å². The number of sulfonamides is 1. The van der Waals surface area contributed by atoms with Gasteiger partial charge in [0.05, 0.1) is 23.5 Å². The Morgan fingerprint density at radius 1 is 0.817 bits per heavy atom. The number of halogens is 4. The smallest absolute Gasteiger partial charge is 0.387 e. The second-order valence-electron chi connectivity index (χ2n) is 17.8. The third-order valence-electron chi connectivity index (χ3n) is 13.0. The van der Waals surface area contributed by atoms with Crippen molar-refractivity contribution in [2.45, 2.75) is 73.5 Å². The predicted molar refractivity (Wildman–Crippen MR) is 259 cm³/mol. The van der Waals surface area contributed by atoms with Crippen LogP contribution in [0.3, 0.4) is 0 Å². The number of hydrogen-bond donors (Lipinski definition) is 0. The molecule has 2 N–H and O–H groups in total. The van der Waals surface area contributed by atoms with Gasteiger partial charge in [0.15, 0.2) is 29.3 Å². The van der Waals surface area contributed by atoms with E-state index in [1.807, 2.05) is 36.4 Å². The van der Waals surface area contributed by atoms with E-state index in [9.17, 15) is 31.6 Å². The highest BCUT2D eigenvalue weighted by atomic mass is 35.5. The summed E-state index contributed by atoms with van der Waals surface area (Å²) in [7, 11) is -4.44. The lowest BCUT2D eigenvalue weighted by molar-refractivity contribution is -0.377. The first kappa shape index (κ1) is 52.0. The lowest BCUT2D eigenvalue weighted by Crippen LogP contribution is -2.52. The van der Waals surface area contributed by atoms with E-state index in [0.29, 0.717) is 17.0 Å². The van der Waals surface area contributed by atoms with Crippen LogP contribution in [0.2, 0.25) is 10.0 Å². The number of aromatic nitrogens is 1. The molecule has 10 rings (SSSR count). The van der Waals surface area contributed by atoms with Crippen LogP contribution in [0.25, 0.3) is 0 Å². The Morgan fingerprint density at radius 3 is 2.25 bits per heavy atom. The molecule has 376 valence electrons. The molecule has 20 heteroatoms. The molecular weight excluding hydrogens is 1000 g/mol. The minimum absolute atomic E-state index is 0. The third-order valence-corrected chi connectivity index (χ3v) is 16.9. The van der Waals surface area contributed by atoms with Gasteiger partial charge in [0.2, 0.25) is 10.0 Å². The minimum atomic E-state index is -4.44. The van der Waals surface area contributed by atoms with Gasteiger partial charge in [-0.15, -0.1) is 11.8 Å². The average Bonchev–Trinajstić information content (AvgIpc) is 4.05. The zero-order valence-corrected chi connectivity index (χ0v) is 41.3. The van der Waals surface area contributed by atoms with Gasteiger partial charge >= 0.3 is 24.5 Å². The molecule has 4 aliphatic heterocycles. The first-order chi connectivity index (χ1) is 33.8. The van der Waals surface area contributed by atoms with Crippen molar-refractivity contribution in [1.29, 1.82) is 0 Å². The number of H-pyrrole nitrogens is 1. The molecule has 5 fully saturated rings. The van der Waals surface area contributed by atoms with Crippen LogP contribution in [0.4, 0.5) is 8.78 Å². The summed E-state index contributed by atoms with van der Waals surface area (Å²) >= 11 is 14.1. The third kappa shape index (κ3) is 12.7. The van der Waals surface area contributed by atoms with Gasteiger partial charge in [0.1, 0.15) is 28.0 Å². The Labute approximate surface area is 424 Å². The van der Waals surface area contributed by atoms with E-state index in [4.69, 9.17) is 46.9 Å². The van der Waals surface area contributed by atoms with E-state index in [1.54, 1.807) is 18.2 Å². The largest absolute Gasteiger partial charge is 0.870 e. The summed E-state index contributed by atoms with van der Waals surface area (Å²) < 4.78 is 85.3.